The van der Waals surface area contributed by atoms with Gasteiger partial charge < -0.3 is 41.9 Å². The number of hydrogen-bond acceptors (Lipinski definition) is 8. The van der Waals surface area contributed by atoms with Crippen LogP contribution in [0, 0.1) is 0 Å². The molecule has 0 aromatic rings. The standard InChI is InChI=1S/C8H19N3O2.C5H12N2O/c1-11-5-8(13,6-11)4-10-3-7(12)2-9;1-7-3-5(8,2-6)4-7/h7,10,12-13H,2-6,9H2,1H3;8H,2-4,6H2,1H3. The molecular weight excluding hydrogens is 274 g/mol. The van der Waals surface area contributed by atoms with Crippen molar-refractivity contribution in [3.63, 3.8) is 0 Å². The van der Waals surface area contributed by atoms with E-state index in [0.717, 1.165) is 13.1 Å². The molecule has 2 aliphatic heterocycles. The summed E-state index contributed by atoms with van der Waals surface area (Å²) < 4.78 is 0. The number of aliphatic hydroxyl groups is 3. The predicted octanol–water partition coefficient (Wildman–Crippen LogP) is -3.81. The molecule has 8 N–H and O–H groups in total. The van der Waals surface area contributed by atoms with Crippen LogP contribution in [0.2, 0.25) is 0 Å². The minimum absolute atomic E-state index is 0.255. The molecule has 0 bridgehead atoms. The van der Waals surface area contributed by atoms with Crippen molar-refractivity contribution in [3.8, 4) is 0 Å². The third kappa shape index (κ3) is 6.13. The van der Waals surface area contributed by atoms with E-state index in [1.165, 1.54) is 0 Å². The number of β-amino-alcohol motifs (C(OH)–C–C–N with tert-alkyl or cyclic N) is 2. The molecule has 0 aromatic heterocycles. The van der Waals surface area contributed by atoms with Gasteiger partial charge in [0.15, 0.2) is 0 Å². The minimum atomic E-state index is -0.608. The molecule has 8 heteroatoms. The molecule has 1 atom stereocenters. The zero-order valence-corrected chi connectivity index (χ0v) is 13.1. The first-order valence-corrected chi connectivity index (χ1v) is 7.33. The molecule has 0 aromatic carbocycles. The first-order chi connectivity index (χ1) is 9.72. The van der Waals surface area contributed by atoms with Gasteiger partial charge in [-0.3, -0.25) is 0 Å². The van der Waals surface area contributed by atoms with Gasteiger partial charge in [0.25, 0.3) is 0 Å². The van der Waals surface area contributed by atoms with Crippen LogP contribution in [0.5, 0.6) is 0 Å². The molecule has 0 amide bonds. The first-order valence-electron chi connectivity index (χ1n) is 7.33. The minimum Gasteiger partial charge on any atom is -0.390 e. The second-order valence-corrected chi connectivity index (χ2v) is 6.52. The molecule has 1 unspecified atom stereocenters. The van der Waals surface area contributed by atoms with E-state index in [2.05, 4.69) is 5.32 Å². The molecule has 2 aliphatic rings. The van der Waals surface area contributed by atoms with Gasteiger partial charge in [-0.2, -0.15) is 0 Å². The Kier molecular flexibility index (Phi) is 6.95. The van der Waals surface area contributed by atoms with E-state index in [0.29, 0.717) is 32.7 Å². The summed E-state index contributed by atoms with van der Waals surface area (Å²) >= 11 is 0. The summed E-state index contributed by atoms with van der Waals surface area (Å²) in [6.45, 7) is 4.45. The predicted molar refractivity (Wildman–Crippen MR) is 81.9 cm³/mol. The molecule has 2 fully saturated rings. The first kappa shape index (κ1) is 18.7. The summed E-state index contributed by atoms with van der Waals surface area (Å²) in [6, 6.07) is 0. The van der Waals surface area contributed by atoms with Crippen LogP contribution in [0.1, 0.15) is 0 Å². The Morgan fingerprint density at radius 2 is 1.52 bits per heavy atom. The Morgan fingerprint density at radius 1 is 1.05 bits per heavy atom. The number of aliphatic hydroxyl groups excluding tert-OH is 1. The SMILES string of the molecule is CN1CC(O)(CN)C1.CN1CC(O)(CNCC(O)CN)C1. The van der Waals surface area contributed by atoms with E-state index in [1.807, 2.05) is 23.9 Å². The highest BCUT2D eigenvalue weighted by Crippen LogP contribution is 2.17. The van der Waals surface area contributed by atoms with Gasteiger partial charge in [-0.15, -0.1) is 0 Å². The number of hydrogen-bond donors (Lipinski definition) is 6. The third-order valence-electron chi connectivity index (χ3n) is 3.74. The highest BCUT2D eigenvalue weighted by atomic mass is 16.3. The fraction of sp³-hybridized carbons (Fsp3) is 1.00. The van der Waals surface area contributed by atoms with Gasteiger partial charge in [0.1, 0.15) is 11.2 Å². The third-order valence-corrected chi connectivity index (χ3v) is 3.74. The Bertz CT molecular complexity index is 306. The number of nitrogens with one attached hydrogen (secondary N) is 1. The quantitative estimate of drug-likeness (QED) is 0.294. The van der Waals surface area contributed by atoms with Crippen LogP contribution >= 0.6 is 0 Å². The Morgan fingerprint density at radius 3 is 1.86 bits per heavy atom. The van der Waals surface area contributed by atoms with Gasteiger partial charge in [-0.05, 0) is 14.1 Å². The van der Waals surface area contributed by atoms with Crippen LogP contribution < -0.4 is 16.8 Å². The summed E-state index contributed by atoms with van der Waals surface area (Å²) in [5.41, 5.74) is 9.31. The van der Waals surface area contributed by atoms with Crippen LogP contribution in [0.25, 0.3) is 0 Å². The maximum Gasteiger partial charge on any atom is 0.102 e. The summed E-state index contributed by atoms with van der Waals surface area (Å²) in [6.07, 6.45) is -0.513. The number of likely N-dealkylation sites (N-methyl/N-ethyl adjacent to an activating group) is 2. The lowest BCUT2D eigenvalue weighted by Crippen LogP contribution is -2.64. The second kappa shape index (κ2) is 7.80. The maximum atomic E-state index is 9.75. The number of nitrogens with zero attached hydrogens (tertiary/aromatic N) is 2. The second-order valence-electron chi connectivity index (χ2n) is 6.52. The maximum absolute atomic E-state index is 9.75. The van der Waals surface area contributed by atoms with Crippen molar-refractivity contribution in [2.75, 3.05) is 66.5 Å². The van der Waals surface area contributed by atoms with E-state index in [9.17, 15) is 10.2 Å². The molecule has 0 radical (unpaired) electrons. The molecule has 8 nitrogen and oxygen atoms in total. The van der Waals surface area contributed by atoms with Gasteiger partial charge in [0.2, 0.25) is 0 Å². The lowest BCUT2D eigenvalue weighted by atomic mass is 9.95. The van der Waals surface area contributed by atoms with Crippen molar-refractivity contribution < 1.29 is 15.3 Å². The number of likely N-dealkylation sites (tertiary alicyclic amines) is 2. The molecule has 0 saturated carbocycles. The van der Waals surface area contributed by atoms with Crippen LogP contribution in [-0.4, -0.2) is 109 Å². The molecule has 0 spiro atoms. The van der Waals surface area contributed by atoms with Gasteiger partial charge in [0, 0.05) is 52.4 Å². The highest BCUT2D eigenvalue weighted by Gasteiger charge is 2.38. The van der Waals surface area contributed by atoms with Crippen molar-refractivity contribution in [2.45, 2.75) is 17.3 Å². The van der Waals surface area contributed by atoms with Crippen molar-refractivity contribution in [1.82, 2.24) is 15.1 Å². The van der Waals surface area contributed by atoms with E-state index in [4.69, 9.17) is 16.6 Å². The normalized spacial score (nSPS) is 25.3. The Hall–Kier alpha value is -0.320. The van der Waals surface area contributed by atoms with Crippen LogP contribution in [-0.2, 0) is 0 Å². The van der Waals surface area contributed by atoms with Gasteiger partial charge in [0.05, 0.1) is 6.10 Å². The highest BCUT2D eigenvalue weighted by molar-refractivity contribution is 4.95. The van der Waals surface area contributed by atoms with E-state index in [-0.39, 0.29) is 6.54 Å². The fourth-order valence-electron chi connectivity index (χ4n) is 2.71. The van der Waals surface area contributed by atoms with Crippen molar-refractivity contribution in [2.24, 2.45) is 11.5 Å². The number of nitrogens with two attached hydrogens (primary N) is 2. The van der Waals surface area contributed by atoms with Gasteiger partial charge in [-0.1, -0.05) is 0 Å². The molecule has 2 saturated heterocycles. The van der Waals surface area contributed by atoms with Crippen LogP contribution in [0.3, 0.4) is 0 Å². The van der Waals surface area contributed by atoms with Crippen molar-refractivity contribution >= 4 is 0 Å². The summed E-state index contributed by atoms with van der Waals surface area (Å²) in [5, 5.41) is 31.1. The molecule has 126 valence electrons. The molecule has 21 heavy (non-hydrogen) atoms. The van der Waals surface area contributed by atoms with Gasteiger partial charge >= 0.3 is 0 Å². The summed E-state index contributed by atoms with van der Waals surface area (Å²) in [5.74, 6) is 0. The topological polar surface area (TPSA) is 131 Å². The zero-order valence-electron chi connectivity index (χ0n) is 13.1. The van der Waals surface area contributed by atoms with Crippen molar-refractivity contribution in [3.05, 3.63) is 0 Å². The monoisotopic (exact) mass is 305 g/mol. The Labute approximate surface area is 126 Å². The van der Waals surface area contributed by atoms with E-state index < -0.39 is 17.3 Å². The molecular formula is C13H31N5O3. The van der Waals surface area contributed by atoms with E-state index in [1.54, 1.807) is 0 Å². The molecule has 2 heterocycles. The number of rotatable bonds is 6. The summed E-state index contributed by atoms with van der Waals surface area (Å²) in [4.78, 5) is 4.08. The zero-order chi connectivity index (χ0) is 16.1. The summed E-state index contributed by atoms with van der Waals surface area (Å²) in [7, 11) is 3.92. The van der Waals surface area contributed by atoms with Crippen molar-refractivity contribution in [1.29, 1.82) is 0 Å². The smallest absolute Gasteiger partial charge is 0.102 e. The average Bonchev–Trinajstić information content (AvgIpc) is 2.36. The van der Waals surface area contributed by atoms with Gasteiger partial charge in [-0.25, -0.2) is 0 Å². The molecule has 0 aliphatic carbocycles. The van der Waals surface area contributed by atoms with Crippen LogP contribution in [0.4, 0.5) is 0 Å². The lowest BCUT2D eigenvalue weighted by Gasteiger charge is -2.44. The fourth-order valence-corrected chi connectivity index (χ4v) is 2.71. The van der Waals surface area contributed by atoms with Crippen LogP contribution in [0.15, 0.2) is 0 Å². The average molecular weight is 305 g/mol. The Balaban J connectivity index is 0.000000235. The largest absolute Gasteiger partial charge is 0.390 e. The van der Waals surface area contributed by atoms with E-state index >= 15 is 0 Å². The lowest BCUT2D eigenvalue weighted by molar-refractivity contribution is -0.0840. The molecule has 2 rings (SSSR count).